The molecule has 1 aromatic rings. The van der Waals surface area contributed by atoms with Crippen LogP contribution in [0.3, 0.4) is 0 Å². The molecule has 2 heteroatoms. The largest absolute Gasteiger partial charge is 0.490 e. The van der Waals surface area contributed by atoms with E-state index in [1.165, 1.54) is 0 Å². The Balaban J connectivity index is 1.90. The van der Waals surface area contributed by atoms with Gasteiger partial charge in [0.25, 0.3) is 0 Å². The van der Waals surface area contributed by atoms with Gasteiger partial charge in [-0.25, -0.2) is 0 Å². The van der Waals surface area contributed by atoms with Crippen molar-refractivity contribution in [3.63, 3.8) is 0 Å². The predicted octanol–water partition coefficient (Wildman–Crippen LogP) is 2.04. The number of benzene rings is 1. The number of para-hydroxylation sites is 1. The summed E-state index contributed by atoms with van der Waals surface area (Å²) in [5, 5.41) is 0. The molecule has 1 aliphatic rings. The second kappa shape index (κ2) is 4.28. The molecule has 0 aliphatic carbocycles. The Morgan fingerprint density at radius 3 is 2.85 bits per heavy atom. The van der Waals surface area contributed by atoms with E-state index >= 15 is 0 Å². The number of ether oxygens (including phenoxy) is 2. The Kier molecular flexibility index (Phi) is 2.82. The molecule has 0 bridgehead atoms. The van der Waals surface area contributed by atoms with Crippen LogP contribution in [0.25, 0.3) is 0 Å². The first-order valence-corrected chi connectivity index (χ1v) is 4.66. The molecule has 0 saturated carbocycles. The second-order valence-electron chi connectivity index (χ2n) is 3.16. The molecule has 0 N–H and O–H groups in total. The van der Waals surface area contributed by atoms with Gasteiger partial charge in [-0.2, -0.15) is 0 Å². The standard InChI is InChI=1S/C11H13O2/c1-2-4-10(5-3-1)13-11-6-8-12-9-7-11/h1-4,11H,6-9H2. The summed E-state index contributed by atoms with van der Waals surface area (Å²) in [5.74, 6) is 0.842. The summed E-state index contributed by atoms with van der Waals surface area (Å²) in [5.41, 5.74) is 0. The third-order valence-electron chi connectivity index (χ3n) is 2.14. The maximum absolute atomic E-state index is 5.72. The van der Waals surface area contributed by atoms with Gasteiger partial charge in [-0.1, -0.05) is 18.2 Å². The summed E-state index contributed by atoms with van der Waals surface area (Å²) in [6, 6.07) is 10.8. The highest BCUT2D eigenvalue weighted by atomic mass is 16.5. The Labute approximate surface area is 78.5 Å². The van der Waals surface area contributed by atoms with E-state index in [-0.39, 0.29) is 0 Å². The van der Waals surface area contributed by atoms with Crippen molar-refractivity contribution in [2.75, 3.05) is 13.2 Å². The highest BCUT2D eigenvalue weighted by Gasteiger charge is 2.14. The minimum absolute atomic E-state index is 0.312. The highest BCUT2D eigenvalue weighted by molar-refractivity contribution is 5.19. The van der Waals surface area contributed by atoms with Crippen LogP contribution in [-0.2, 0) is 4.74 Å². The van der Waals surface area contributed by atoms with E-state index in [2.05, 4.69) is 6.07 Å². The van der Waals surface area contributed by atoms with Gasteiger partial charge in [0.2, 0.25) is 0 Å². The average molecular weight is 177 g/mol. The van der Waals surface area contributed by atoms with Crippen LogP contribution in [0.4, 0.5) is 0 Å². The van der Waals surface area contributed by atoms with Crippen LogP contribution >= 0.6 is 0 Å². The Hall–Kier alpha value is -1.02. The molecule has 0 spiro atoms. The molecule has 2 nitrogen and oxygen atoms in total. The first-order chi connectivity index (χ1) is 6.45. The van der Waals surface area contributed by atoms with Crippen molar-refractivity contribution in [1.82, 2.24) is 0 Å². The zero-order valence-corrected chi connectivity index (χ0v) is 7.53. The van der Waals surface area contributed by atoms with E-state index < -0.39 is 0 Å². The van der Waals surface area contributed by atoms with Gasteiger partial charge in [-0.15, -0.1) is 0 Å². The number of hydrogen-bond acceptors (Lipinski definition) is 2. The van der Waals surface area contributed by atoms with Gasteiger partial charge in [0.05, 0.1) is 13.2 Å². The quantitative estimate of drug-likeness (QED) is 0.688. The van der Waals surface area contributed by atoms with Crippen LogP contribution in [0.5, 0.6) is 5.75 Å². The van der Waals surface area contributed by atoms with E-state index in [4.69, 9.17) is 9.47 Å². The lowest BCUT2D eigenvalue weighted by molar-refractivity contribution is 0.0254. The van der Waals surface area contributed by atoms with Crippen LogP contribution in [0.1, 0.15) is 12.8 Å². The van der Waals surface area contributed by atoms with Gasteiger partial charge in [-0.05, 0) is 6.07 Å². The number of rotatable bonds is 2. The van der Waals surface area contributed by atoms with Gasteiger partial charge in [0, 0.05) is 18.9 Å². The lowest BCUT2D eigenvalue weighted by atomic mass is 10.1. The monoisotopic (exact) mass is 177 g/mol. The molecule has 1 heterocycles. The van der Waals surface area contributed by atoms with Crippen LogP contribution in [0, 0.1) is 6.07 Å². The first kappa shape index (κ1) is 8.57. The fourth-order valence-corrected chi connectivity index (χ4v) is 1.42. The zero-order chi connectivity index (χ0) is 8.93. The molecule has 0 unspecified atom stereocenters. The van der Waals surface area contributed by atoms with E-state index in [0.717, 1.165) is 31.8 Å². The molecule has 1 aliphatic heterocycles. The SMILES string of the molecule is [c]1ccccc1OC1CCOCC1. The van der Waals surface area contributed by atoms with Crippen molar-refractivity contribution in [3.05, 3.63) is 30.3 Å². The summed E-state index contributed by atoms with van der Waals surface area (Å²) >= 11 is 0. The molecule has 0 aromatic heterocycles. The van der Waals surface area contributed by atoms with Gasteiger partial charge in [-0.3, -0.25) is 0 Å². The van der Waals surface area contributed by atoms with E-state index in [1.54, 1.807) is 0 Å². The maximum Gasteiger partial charge on any atom is 0.127 e. The molecule has 1 aromatic carbocycles. The highest BCUT2D eigenvalue weighted by Crippen LogP contribution is 2.16. The van der Waals surface area contributed by atoms with Crippen LogP contribution in [0.15, 0.2) is 24.3 Å². The summed E-state index contributed by atoms with van der Waals surface area (Å²) in [4.78, 5) is 0. The summed E-state index contributed by atoms with van der Waals surface area (Å²) in [6.45, 7) is 1.63. The smallest absolute Gasteiger partial charge is 0.127 e. The Morgan fingerprint density at radius 2 is 2.15 bits per heavy atom. The van der Waals surface area contributed by atoms with Crippen molar-refractivity contribution in [2.45, 2.75) is 18.9 Å². The molecule has 13 heavy (non-hydrogen) atoms. The predicted molar refractivity (Wildman–Crippen MR) is 49.7 cm³/mol. The summed E-state index contributed by atoms with van der Waals surface area (Å²) in [7, 11) is 0. The molecule has 0 amide bonds. The summed E-state index contributed by atoms with van der Waals surface area (Å²) in [6.07, 6.45) is 2.29. The second-order valence-corrected chi connectivity index (χ2v) is 3.16. The van der Waals surface area contributed by atoms with Crippen LogP contribution in [-0.4, -0.2) is 19.3 Å². The lowest BCUT2D eigenvalue weighted by Gasteiger charge is -2.22. The number of hydrogen-bond donors (Lipinski definition) is 0. The topological polar surface area (TPSA) is 18.5 Å². The van der Waals surface area contributed by atoms with Crippen molar-refractivity contribution < 1.29 is 9.47 Å². The zero-order valence-electron chi connectivity index (χ0n) is 7.53. The van der Waals surface area contributed by atoms with Crippen LogP contribution in [0.2, 0.25) is 0 Å². The normalized spacial score (nSPS) is 18.5. The van der Waals surface area contributed by atoms with E-state index in [0.29, 0.717) is 6.10 Å². The van der Waals surface area contributed by atoms with Gasteiger partial charge in [0.1, 0.15) is 11.9 Å². The van der Waals surface area contributed by atoms with Gasteiger partial charge in [0.15, 0.2) is 0 Å². The fourth-order valence-electron chi connectivity index (χ4n) is 1.42. The minimum Gasteiger partial charge on any atom is -0.490 e. The molecule has 1 fully saturated rings. The van der Waals surface area contributed by atoms with E-state index in [1.807, 2.05) is 24.3 Å². The Morgan fingerprint density at radius 1 is 1.31 bits per heavy atom. The maximum atomic E-state index is 5.72. The Bertz CT molecular complexity index is 240. The molecule has 1 saturated heterocycles. The molecule has 1 radical (unpaired) electrons. The van der Waals surface area contributed by atoms with Crippen LogP contribution < -0.4 is 4.74 Å². The van der Waals surface area contributed by atoms with Crippen molar-refractivity contribution in [2.24, 2.45) is 0 Å². The molecule has 2 rings (SSSR count). The van der Waals surface area contributed by atoms with E-state index in [9.17, 15) is 0 Å². The lowest BCUT2D eigenvalue weighted by Crippen LogP contribution is -2.25. The third-order valence-corrected chi connectivity index (χ3v) is 2.14. The first-order valence-electron chi connectivity index (χ1n) is 4.66. The molecular weight excluding hydrogens is 164 g/mol. The average Bonchev–Trinajstić information content (AvgIpc) is 2.21. The molecular formula is C11H13O2. The third kappa shape index (κ3) is 2.46. The molecule has 69 valence electrons. The van der Waals surface area contributed by atoms with Gasteiger partial charge >= 0.3 is 0 Å². The summed E-state index contributed by atoms with van der Waals surface area (Å²) < 4.78 is 11.0. The van der Waals surface area contributed by atoms with Crippen molar-refractivity contribution in [1.29, 1.82) is 0 Å². The van der Waals surface area contributed by atoms with Crippen molar-refractivity contribution in [3.8, 4) is 5.75 Å². The van der Waals surface area contributed by atoms with Gasteiger partial charge < -0.3 is 9.47 Å². The van der Waals surface area contributed by atoms with Crippen molar-refractivity contribution >= 4 is 0 Å². The molecule has 0 atom stereocenters. The minimum atomic E-state index is 0.312. The fraction of sp³-hybridized carbons (Fsp3) is 0.455.